The maximum atomic E-state index is 13.2. The predicted molar refractivity (Wildman–Crippen MR) is 135 cm³/mol. The quantitative estimate of drug-likeness (QED) is 0.490. The maximum Gasteiger partial charge on any atom is 0.199 e. The van der Waals surface area contributed by atoms with Gasteiger partial charge in [0.15, 0.2) is 5.78 Å². The highest BCUT2D eigenvalue weighted by atomic mass is 16.3. The van der Waals surface area contributed by atoms with Gasteiger partial charge in [-0.05, 0) is 43.7 Å². The molecule has 3 aromatic carbocycles. The zero-order chi connectivity index (χ0) is 22.9. The fraction of sp³-hybridized carbons (Fsp3) is 0.214. The van der Waals surface area contributed by atoms with Crippen molar-refractivity contribution in [1.29, 1.82) is 0 Å². The Hall–Kier alpha value is -3.86. The van der Waals surface area contributed by atoms with E-state index in [1.807, 2.05) is 36.4 Å². The Labute approximate surface area is 194 Å². The lowest BCUT2D eigenvalue weighted by atomic mass is 9.95. The van der Waals surface area contributed by atoms with Crippen LogP contribution in [0.15, 0.2) is 83.4 Å². The first kappa shape index (κ1) is 21.0. The Morgan fingerprint density at radius 3 is 2.30 bits per heavy atom. The standard InChI is InChI=1S/C28H27N3O2/c1-3-31(4-2)19-15-13-18(14-16-19)24-17-25(30-23-12-8-7-11-22(23)29-24)26-27(32)20-9-5-6-10-21(20)28(26)33/h5-16,24,29,32H,3-4,17H2,1-2H3/t24-/m1/s1. The van der Waals surface area contributed by atoms with Gasteiger partial charge in [-0.1, -0.05) is 48.5 Å². The Kier molecular flexibility index (Phi) is 5.47. The van der Waals surface area contributed by atoms with Crippen molar-refractivity contribution in [3.05, 3.63) is 95.1 Å². The molecular weight excluding hydrogens is 410 g/mol. The van der Waals surface area contributed by atoms with Gasteiger partial charge in [0.1, 0.15) is 5.76 Å². The number of aliphatic hydroxyl groups excluding tert-OH is 1. The lowest BCUT2D eigenvalue weighted by Gasteiger charge is -2.23. The zero-order valence-corrected chi connectivity index (χ0v) is 18.9. The van der Waals surface area contributed by atoms with Crippen LogP contribution in [0, 0.1) is 0 Å². The summed E-state index contributed by atoms with van der Waals surface area (Å²) in [5.74, 6) is -0.152. The number of ketones is 1. The van der Waals surface area contributed by atoms with E-state index in [1.54, 1.807) is 12.1 Å². The molecular formula is C28H27N3O2. The first-order valence-corrected chi connectivity index (χ1v) is 11.5. The van der Waals surface area contributed by atoms with Gasteiger partial charge in [-0.2, -0.15) is 0 Å². The summed E-state index contributed by atoms with van der Waals surface area (Å²) in [7, 11) is 0. The number of aliphatic hydroxyl groups is 1. The molecule has 3 aromatic rings. The number of nitrogens with one attached hydrogen (secondary N) is 1. The fourth-order valence-electron chi connectivity index (χ4n) is 4.71. The number of para-hydroxylation sites is 2. The lowest BCUT2D eigenvalue weighted by molar-refractivity contribution is 0.104. The molecule has 0 aromatic heterocycles. The van der Waals surface area contributed by atoms with E-state index in [4.69, 9.17) is 4.99 Å². The molecule has 0 radical (unpaired) electrons. The number of carbonyl (C=O) groups is 1. The topological polar surface area (TPSA) is 64.9 Å². The van der Waals surface area contributed by atoms with E-state index in [1.165, 1.54) is 5.69 Å². The van der Waals surface area contributed by atoms with Crippen molar-refractivity contribution in [3.63, 3.8) is 0 Å². The molecule has 2 aliphatic rings. The minimum Gasteiger partial charge on any atom is -0.506 e. The van der Waals surface area contributed by atoms with Crippen LogP contribution in [0.4, 0.5) is 17.1 Å². The van der Waals surface area contributed by atoms with Gasteiger partial charge >= 0.3 is 0 Å². The predicted octanol–water partition coefficient (Wildman–Crippen LogP) is 6.33. The molecule has 5 rings (SSSR count). The second-order valence-corrected chi connectivity index (χ2v) is 8.34. The summed E-state index contributed by atoms with van der Waals surface area (Å²) >= 11 is 0. The number of aliphatic imine (C=N–C) groups is 1. The van der Waals surface area contributed by atoms with Gasteiger partial charge < -0.3 is 15.3 Å². The number of hydrogen-bond donors (Lipinski definition) is 2. The summed E-state index contributed by atoms with van der Waals surface area (Å²) in [6.07, 6.45) is 0.485. The van der Waals surface area contributed by atoms with Crippen molar-refractivity contribution < 1.29 is 9.90 Å². The van der Waals surface area contributed by atoms with E-state index in [0.717, 1.165) is 30.0 Å². The Morgan fingerprint density at radius 2 is 1.61 bits per heavy atom. The van der Waals surface area contributed by atoms with Crippen molar-refractivity contribution in [2.75, 3.05) is 23.3 Å². The number of fused-ring (bicyclic) bond motifs is 2. The minimum atomic E-state index is -0.170. The van der Waals surface area contributed by atoms with Gasteiger partial charge in [0, 0.05) is 36.3 Å². The molecule has 5 nitrogen and oxygen atoms in total. The second kappa shape index (κ2) is 8.58. The molecule has 0 unspecified atom stereocenters. The number of hydrogen-bond acceptors (Lipinski definition) is 5. The van der Waals surface area contributed by atoms with Crippen molar-refractivity contribution in [2.45, 2.75) is 26.3 Å². The van der Waals surface area contributed by atoms with Crippen molar-refractivity contribution in [1.82, 2.24) is 0 Å². The summed E-state index contributed by atoms with van der Waals surface area (Å²) in [6, 6.07) is 23.5. The summed E-state index contributed by atoms with van der Waals surface area (Å²) < 4.78 is 0. The molecule has 0 saturated carbocycles. The molecule has 2 N–H and O–H groups in total. The number of benzene rings is 3. The third-order valence-corrected chi connectivity index (χ3v) is 6.49. The number of nitrogens with zero attached hydrogens (tertiary/aromatic N) is 2. The molecule has 0 fully saturated rings. The van der Waals surface area contributed by atoms with Gasteiger partial charge in [0.05, 0.1) is 28.7 Å². The molecule has 33 heavy (non-hydrogen) atoms. The van der Waals surface area contributed by atoms with Crippen LogP contribution < -0.4 is 10.2 Å². The summed E-state index contributed by atoms with van der Waals surface area (Å²) in [6.45, 7) is 6.22. The molecule has 0 bridgehead atoms. The lowest BCUT2D eigenvalue weighted by Crippen LogP contribution is -2.22. The van der Waals surface area contributed by atoms with Gasteiger partial charge in [0.2, 0.25) is 0 Å². The molecule has 0 amide bonds. The third-order valence-electron chi connectivity index (χ3n) is 6.49. The van der Waals surface area contributed by atoms with E-state index < -0.39 is 0 Å². The molecule has 166 valence electrons. The molecule has 1 aliphatic heterocycles. The van der Waals surface area contributed by atoms with Crippen LogP contribution in [-0.2, 0) is 0 Å². The van der Waals surface area contributed by atoms with Crippen molar-refractivity contribution >= 4 is 34.3 Å². The van der Waals surface area contributed by atoms with Gasteiger partial charge in [0.25, 0.3) is 0 Å². The monoisotopic (exact) mass is 437 g/mol. The van der Waals surface area contributed by atoms with E-state index in [2.05, 4.69) is 48.3 Å². The van der Waals surface area contributed by atoms with Crippen molar-refractivity contribution in [2.24, 2.45) is 4.99 Å². The smallest absolute Gasteiger partial charge is 0.199 e. The SMILES string of the molecule is CCN(CC)c1ccc([C@H]2CC(C3=C(O)c4ccccc4C3=O)=Nc3ccccc3N2)cc1. The molecule has 0 spiro atoms. The van der Waals surface area contributed by atoms with Crippen LogP contribution in [0.3, 0.4) is 0 Å². The highest BCUT2D eigenvalue weighted by Crippen LogP contribution is 2.39. The largest absolute Gasteiger partial charge is 0.506 e. The maximum absolute atomic E-state index is 13.2. The summed E-state index contributed by atoms with van der Waals surface area (Å²) in [5, 5.41) is 14.6. The zero-order valence-electron chi connectivity index (χ0n) is 18.9. The average molecular weight is 438 g/mol. The summed E-state index contributed by atoms with van der Waals surface area (Å²) in [4.78, 5) is 20.4. The molecule has 1 atom stereocenters. The van der Waals surface area contributed by atoms with Crippen molar-refractivity contribution in [3.8, 4) is 0 Å². The number of rotatable bonds is 5. The van der Waals surface area contributed by atoms with Crippen LogP contribution in [-0.4, -0.2) is 29.7 Å². The van der Waals surface area contributed by atoms with Crippen LogP contribution >= 0.6 is 0 Å². The van der Waals surface area contributed by atoms with Gasteiger partial charge in [-0.3, -0.25) is 9.79 Å². The second-order valence-electron chi connectivity index (χ2n) is 8.34. The highest BCUT2D eigenvalue weighted by molar-refractivity contribution is 6.36. The number of anilines is 2. The summed E-state index contributed by atoms with van der Waals surface area (Å²) in [5.41, 5.74) is 5.98. The van der Waals surface area contributed by atoms with Crippen LogP contribution in [0.5, 0.6) is 0 Å². The Bertz CT molecular complexity index is 1270. The molecule has 0 saturated heterocycles. The molecule has 5 heteroatoms. The van der Waals surface area contributed by atoms with E-state index in [-0.39, 0.29) is 17.6 Å². The Balaban J connectivity index is 1.56. The average Bonchev–Trinajstić information content (AvgIpc) is 2.98. The normalized spacial score (nSPS) is 17.1. The van der Waals surface area contributed by atoms with Crippen LogP contribution in [0.25, 0.3) is 5.76 Å². The molecule has 1 heterocycles. The number of allylic oxidation sites excluding steroid dienone is 1. The van der Waals surface area contributed by atoms with Gasteiger partial charge in [-0.15, -0.1) is 0 Å². The highest BCUT2D eigenvalue weighted by Gasteiger charge is 2.34. The third kappa shape index (κ3) is 3.69. The van der Waals surface area contributed by atoms with E-state index >= 15 is 0 Å². The first-order chi connectivity index (χ1) is 16.1. The minimum absolute atomic E-state index is 0.0179. The fourth-order valence-corrected chi connectivity index (χ4v) is 4.71. The molecule has 1 aliphatic carbocycles. The Morgan fingerprint density at radius 1 is 0.939 bits per heavy atom. The number of carbonyl (C=O) groups excluding carboxylic acids is 1. The first-order valence-electron chi connectivity index (χ1n) is 11.5. The van der Waals surface area contributed by atoms with Gasteiger partial charge in [-0.25, -0.2) is 0 Å². The number of Topliss-reactive ketones (excluding diaryl/α,β-unsaturated/α-hetero) is 1. The van der Waals surface area contributed by atoms with Crippen LogP contribution in [0.1, 0.15) is 47.8 Å². The van der Waals surface area contributed by atoms with Crippen LogP contribution in [0.2, 0.25) is 0 Å². The van der Waals surface area contributed by atoms with E-state index in [0.29, 0.717) is 28.8 Å². The van der Waals surface area contributed by atoms with E-state index in [9.17, 15) is 9.90 Å².